The molecule has 4 bridgehead atoms. The average Bonchev–Trinajstić information content (AvgIpc) is 2.94. The van der Waals surface area contributed by atoms with Crippen molar-refractivity contribution in [2.75, 3.05) is 20.2 Å². The van der Waals surface area contributed by atoms with Crippen LogP contribution in [0.3, 0.4) is 0 Å². The maximum absolute atomic E-state index is 12.5. The maximum atomic E-state index is 12.5. The lowest BCUT2D eigenvalue weighted by molar-refractivity contribution is -0.145. The van der Waals surface area contributed by atoms with Crippen molar-refractivity contribution in [1.82, 2.24) is 4.90 Å². The van der Waals surface area contributed by atoms with Gasteiger partial charge in [-0.05, 0) is 62.7 Å². The molecule has 0 spiro atoms. The summed E-state index contributed by atoms with van der Waals surface area (Å²) in [6.45, 7) is 1.04. The molecule has 5 rings (SSSR count). The summed E-state index contributed by atoms with van der Waals surface area (Å²) in [4.78, 5) is 25.8. The fourth-order valence-corrected chi connectivity index (χ4v) is 5.69. The first-order valence-electron chi connectivity index (χ1n) is 8.62. The lowest BCUT2D eigenvalue weighted by atomic mass is 9.54. The van der Waals surface area contributed by atoms with Gasteiger partial charge >= 0.3 is 12.1 Å². The largest absolute Gasteiger partial charge is 0.469 e. The molecule has 0 N–H and O–H groups in total. The van der Waals surface area contributed by atoms with Crippen molar-refractivity contribution in [2.24, 2.45) is 23.7 Å². The van der Waals surface area contributed by atoms with Crippen LogP contribution in [0.2, 0.25) is 0 Å². The van der Waals surface area contributed by atoms with Crippen molar-refractivity contribution in [1.29, 1.82) is 0 Å². The summed E-state index contributed by atoms with van der Waals surface area (Å²) < 4.78 is 10.8. The second-order valence-electron chi connectivity index (χ2n) is 7.92. The first kappa shape index (κ1) is 14.3. The highest BCUT2D eigenvalue weighted by Gasteiger charge is 2.53. The predicted molar refractivity (Wildman–Crippen MR) is 79.1 cm³/mol. The zero-order valence-electron chi connectivity index (χ0n) is 13.3. The number of rotatable bonds is 2. The third-order valence-electron chi connectivity index (χ3n) is 6.27. The Labute approximate surface area is 131 Å². The molecule has 1 saturated heterocycles. The molecule has 0 aromatic heterocycles. The number of hydrogen-bond donors (Lipinski definition) is 0. The van der Waals surface area contributed by atoms with Crippen molar-refractivity contribution in [2.45, 2.75) is 50.5 Å². The molecule has 1 aliphatic heterocycles. The van der Waals surface area contributed by atoms with E-state index in [2.05, 4.69) is 0 Å². The van der Waals surface area contributed by atoms with Crippen LogP contribution in [-0.2, 0) is 14.3 Å². The monoisotopic (exact) mass is 307 g/mol. The minimum atomic E-state index is -0.217. The number of carbonyl (C=O) groups excluding carboxylic acids is 2. The van der Waals surface area contributed by atoms with Gasteiger partial charge in [-0.3, -0.25) is 4.79 Å². The first-order valence-corrected chi connectivity index (χ1v) is 8.62. The molecule has 0 aromatic rings. The van der Waals surface area contributed by atoms with E-state index in [4.69, 9.17) is 9.47 Å². The van der Waals surface area contributed by atoms with Gasteiger partial charge in [-0.1, -0.05) is 0 Å². The van der Waals surface area contributed by atoms with Gasteiger partial charge in [0.2, 0.25) is 0 Å². The van der Waals surface area contributed by atoms with Crippen LogP contribution in [0.25, 0.3) is 0 Å². The highest BCUT2D eigenvalue weighted by Crippen LogP contribution is 2.57. The Balaban J connectivity index is 1.39. The van der Waals surface area contributed by atoms with Crippen molar-refractivity contribution in [3.05, 3.63) is 0 Å². The maximum Gasteiger partial charge on any atom is 0.410 e. The minimum absolute atomic E-state index is 0.186. The van der Waals surface area contributed by atoms with Crippen LogP contribution in [0, 0.1) is 23.7 Å². The first-order chi connectivity index (χ1) is 10.6. The molecular weight excluding hydrogens is 282 g/mol. The Hall–Kier alpha value is -1.26. The Morgan fingerprint density at radius 3 is 2.18 bits per heavy atom. The second-order valence-corrected chi connectivity index (χ2v) is 7.92. The van der Waals surface area contributed by atoms with Gasteiger partial charge in [0.1, 0.15) is 5.60 Å². The van der Waals surface area contributed by atoms with E-state index in [-0.39, 0.29) is 23.6 Å². The van der Waals surface area contributed by atoms with E-state index >= 15 is 0 Å². The molecule has 1 atom stereocenters. The number of nitrogens with zero attached hydrogens (tertiary/aromatic N) is 1. The molecule has 1 heterocycles. The highest BCUT2D eigenvalue weighted by atomic mass is 16.6. The van der Waals surface area contributed by atoms with E-state index in [0.717, 1.165) is 37.0 Å². The summed E-state index contributed by atoms with van der Waals surface area (Å²) in [6, 6.07) is 0. The van der Waals surface area contributed by atoms with E-state index in [1.165, 1.54) is 26.4 Å². The molecule has 5 nitrogen and oxygen atoms in total. The summed E-state index contributed by atoms with van der Waals surface area (Å²) in [5, 5.41) is 0. The highest BCUT2D eigenvalue weighted by molar-refractivity contribution is 5.75. The molecule has 0 radical (unpaired) electrons. The van der Waals surface area contributed by atoms with Gasteiger partial charge in [-0.15, -0.1) is 0 Å². The molecule has 5 heteroatoms. The van der Waals surface area contributed by atoms with Gasteiger partial charge in [-0.25, -0.2) is 4.79 Å². The van der Waals surface area contributed by atoms with Crippen LogP contribution in [0.15, 0.2) is 0 Å². The Morgan fingerprint density at radius 1 is 1.05 bits per heavy atom. The van der Waals surface area contributed by atoms with Gasteiger partial charge in [0.25, 0.3) is 0 Å². The van der Waals surface area contributed by atoms with Crippen molar-refractivity contribution < 1.29 is 19.1 Å². The Morgan fingerprint density at radius 2 is 1.64 bits per heavy atom. The molecule has 22 heavy (non-hydrogen) atoms. The van der Waals surface area contributed by atoms with Gasteiger partial charge in [-0.2, -0.15) is 0 Å². The summed E-state index contributed by atoms with van der Waals surface area (Å²) in [5.41, 5.74) is -0.199. The van der Waals surface area contributed by atoms with Crippen molar-refractivity contribution in [3.63, 3.8) is 0 Å². The van der Waals surface area contributed by atoms with Crippen molar-refractivity contribution in [3.8, 4) is 0 Å². The number of ether oxygens (including phenoxy) is 2. The Kier molecular flexibility index (Phi) is 3.35. The van der Waals surface area contributed by atoms with Crippen LogP contribution < -0.4 is 0 Å². The number of esters is 1. The van der Waals surface area contributed by atoms with Crippen LogP contribution in [-0.4, -0.2) is 42.8 Å². The molecule has 122 valence electrons. The third kappa shape index (κ3) is 2.38. The topological polar surface area (TPSA) is 55.8 Å². The van der Waals surface area contributed by atoms with Gasteiger partial charge in [0, 0.05) is 13.1 Å². The minimum Gasteiger partial charge on any atom is -0.469 e. The van der Waals surface area contributed by atoms with Crippen LogP contribution in [0.4, 0.5) is 4.79 Å². The van der Waals surface area contributed by atoms with E-state index in [0.29, 0.717) is 19.5 Å². The molecule has 1 unspecified atom stereocenters. The van der Waals surface area contributed by atoms with Crippen LogP contribution in [0.5, 0.6) is 0 Å². The quantitative estimate of drug-likeness (QED) is 0.736. The number of carbonyl (C=O) groups is 2. The van der Waals surface area contributed by atoms with E-state index in [1.54, 1.807) is 4.90 Å². The SMILES string of the molecule is COC(=O)C1CCN(C(=O)OC23CC4CC(CC(C4)C2)C3)C1. The molecule has 0 aromatic carbocycles. The number of methoxy groups -OCH3 is 1. The van der Waals surface area contributed by atoms with Crippen LogP contribution >= 0.6 is 0 Å². The van der Waals surface area contributed by atoms with E-state index in [9.17, 15) is 9.59 Å². The lowest BCUT2D eigenvalue weighted by Crippen LogP contribution is -2.54. The fourth-order valence-electron chi connectivity index (χ4n) is 5.69. The summed E-state index contributed by atoms with van der Waals surface area (Å²) in [5.74, 6) is 1.89. The molecule has 5 fully saturated rings. The normalized spacial score (nSPS) is 42.5. The van der Waals surface area contributed by atoms with Gasteiger partial charge in [0.15, 0.2) is 0 Å². The smallest absolute Gasteiger partial charge is 0.410 e. The van der Waals surface area contributed by atoms with Crippen molar-refractivity contribution >= 4 is 12.1 Å². The lowest BCUT2D eigenvalue weighted by Gasteiger charge is -2.55. The fraction of sp³-hybridized carbons (Fsp3) is 0.882. The summed E-state index contributed by atoms with van der Waals surface area (Å²) in [6.07, 6.45) is 7.65. The third-order valence-corrected chi connectivity index (χ3v) is 6.27. The number of likely N-dealkylation sites (tertiary alicyclic amines) is 1. The number of amides is 1. The van der Waals surface area contributed by atoms with Crippen LogP contribution in [0.1, 0.15) is 44.9 Å². The van der Waals surface area contributed by atoms with E-state index < -0.39 is 0 Å². The molecule has 1 amide bonds. The second kappa shape index (κ2) is 5.14. The predicted octanol–water partition coefficient (Wildman–Crippen LogP) is 2.59. The summed E-state index contributed by atoms with van der Waals surface area (Å²) >= 11 is 0. The zero-order chi connectivity index (χ0) is 15.3. The zero-order valence-corrected chi connectivity index (χ0v) is 13.3. The number of hydrogen-bond acceptors (Lipinski definition) is 4. The average molecular weight is 307 g/mol. The standard InChI is InChI=1S/C17H25NO4/c1-21-15(19)14-2-3-18(10-14)16(20)22-17-7-11-4-12(8-17)6-13(5-11)9-17/h11-14H,2-10H2,1H3. The molecule has 5 aliphatic rings. The molecule has 4 saturated carbocycles. The van der Waals surface area contributed by atoms with E-state index in [1.807, 2.05) is 0 Å². The van der Waals surface area contributed by atoms with Gasteiger partial charge < -0.3 is 14.4 Å². The summed E-state index contributed by atoms with van der Waals surface area (Å²) in [7, 11) is 1.40. The Bertz CT molecular complexity index is 454. The van der Waals surface area contributed by atoms with Gasteiger partial charge in [0.05, 0.1) is 13.0 Å². The molecule has 4 aliphatic carbocycles. The molecular formula is C17H25NO4.